The molecule has 0 unspecified atom stereocenters. The van der Waals surface area contributed by atoms with Gasteiger partial charge in [-0.3, -0.25) is 0 Å². The van der Waals surface area contributed by atoms with Crippen LogP contribution < -0.4 is 24.8 Å². The van der Waals surface area contributed by atoms with Crippen molar-refractivity contribution in [1.29, 1.82) is 0 Å². The third-order valence-electron chi connectivity index (χ3n) is 2.38. The molecular weight excluding hydrogens is 306 g/mol. The zero-order valence-electron chi connectivity index (χ0n) is 8.43. The van der Waals surface area contributed by atoms with Crippen LogP contribution in [-0.2, 0) is 24.7 Å². The van der Waals surface area contributed by atoms with E-state index in [1.807, 2.05) is 0 Å². The maximum Gasteiger partial charge on any atom is -1.00 e. The van der Waals surface area contributed by atoms with E-state index < -0.39 is 0 Å². The Hall–Kier alpha value is 0.163. The van der Waals surface area contributed by atoms with Gasteiger partial charge in [0.15, 0.2) is 0 Å². The fourth-order valence-electron chi connectivity index (χ4n) is 1.57. The molecule has 1 aliphatic rings. The van der Waals surface area contributed by atoms with Crippen molar-refractivity contribution in [3.8, 4) is 0 Å². The second-order valence-electron chi connectivity index (χ2n) is 3.37. The molecule has 0 nitrogen and oxygen atoms in total. The summed E-state index contributed by atoms with van der Waals surface area (Å²) in [4.78, 5) is 0. The van der Waals surface area contributed by atoms with Gasteiger partial charge in [0.05, 0.1) is 0 Å². The SMILES string of the molecule is CC1=[C]([Zr+2])CC(c2ccccc2)=C1.[Cl-].[Cl-]. The fourth-order valence-corrected chi connectivity index (χ4v) is 2.21. The maximum atomic E-state index is 2.32. The summed E-state index contributed by atoms with van der Waals surface area (Å²) >= 11 is 1.56. The van der Waals surface area contributed by atoms with Crippen LogP contribution in [0.15, 0.2) is 45.3 Å². The van der Waals surface area contributed by atoms with Crippen LogP contribution in [0.5, 0.6) is 0 Å². The molecule has 0 bridgehead atoms. The summed E-state index contributed by atoms with van der Waals surface area (Å²) in [7, 11) is 0. The molecule has 0 radical (unpaired) electrons. The normalized spacial score (nSPS) is 14.2. The molecule has 77 valence electrons. The minimum atomic E-state index is 0. The molecular formula is C12H11Cl2Zr. The number of hydrogen-bond donors (Lipinski definition) is 0. The van der Waals surface area contributed by atoms with Crippen molar-refractivity contribution in [2.45, 2.75) is 13.3 Å². The molecule has 0 saturated heterocycles. The van der Waals surface area contributed by atoms with Crippen LogP contribution >= 0.6 is 0 Å². The Kier molecular flexibility index (Phi) is 6.76. The van der Waals surface area contributed by atoms with E-state index in [1.54, 1.807) is 28.0 Å². The minimum Gasteiger partial charge on any atom is -1.00 e. The molecule has 3 heteroatoms. The molecule has 0 aliphatic heterocycles. The average Bonchev–Trinajstić information content (AvgIpc) is 2.49. The summed E-state index contributed by atoms with van der Waals surface area (Å²) in [6.07, 6.45) is 3.48. The molecule has 0 atom stereocenters. The number of hydrogen-bond acceptors (Lipinski definition) is 0. The van der Waals surface area contributed by atoms with Crippen molar-refractivity contribution in [3.63, 3.8) is 0 Å². The smallest absolute Gasteiger partial charge is 1.00 e. The Morgan fingerprint density at radius 2 is 1.67 bits per heavy atom. The maximum absolute atomic E-state index is 2.32. The zero-order chi connectivity index (χ0) is 9.26. The Labute approximate surface area is 119 Å². The van der Waals surface area contributed by atoms with Gasteiger partial charge in [-0.05, 0) is 0 Å². The first-order chi connectivity index (χ1) is 6.27. The van der Waals surface area contributed by atoms with Crippen molar-refractivity contribution in [2.24, 2.45) is 0 Å². The fraction of sp³-hybridized carbons (Fsp3) is 0.167. The van der Waals surface area contributed by atoms with E-state index in [9.17, 15) is 0 Å². The second kappa shape index (κ2) is 6.68. The van der Waals surface area contributed by atoms with Gasteiger partial charge in [0.25, 0.3) is 0 Å². The monoisotopic (exact) mass is 315 g/mol. The number of halogens is 2. The van der Waals surface area contributed by atoms with E-state index in [0.29, 0.717) is 0 Å². The summed E-state index contributed by atoms with van der Waals surface area (Å²) in [5, 5.41) is 0. The van der Waals surface area contributed by atoms with E-state index in [0.717, 1.165) is 6.42 Å². The molecule has 0 spiro atoms. The molecule has 0 amide bonds. The van der Waals surface area contributed by atoms with Crippen LogP contribution in [0, 0.1) is 0 Å². The molecule has 0 heterocycles. The Morgan fingerprint density at radius 1 is 1.07 bits per heavy atom. The minimum absolute atomic E-state index is 0. The Balaban J connectivity index is 0.000000980. The van der Waals surface area contributed by atoms with Gasteiger partial charge >= 0.3 is 94.5 Å². The number of benzene rings is 1. The standard InChI is InChI=1S/C12H11.2ClH.Zr/c1-10-7-8-12(9-10)11-5-3-2-4-6-11;;;/h2-6,9H,8H2,1H3;2*1H;/q;;;+2/p-2. The van der Waals surface area contributed by atoms with Crippen LogP contribution in [0.25, 0.3) is 5.57 Å². The van der Waals surface area contributed by atoms with Crippen LogP contribution in [0.1, 0.15) is 18.9 Å². The van der Waals surface area contributed by atoms with Gasteiger partial charge in [0.1, 0.15) is 0 Å². The van der Waals surface area contributed by atoms with Crippen LogP contribution in [0.2, 0.25) is 0 Å². The average molecular weight is 317 g/mol. The summed E-state index contributed by atoms with van der Waals surface area (Å²) in [5.41, 5.74) is 4.32. The quantitative estimate of drug-likeness (QED) is 0.529. The first-order valence-corrected chi connectivity index (χ1v) is 5.67. The van der Waals surface area contributed by atoms with E-state index in [-0.39, 0.29) is 24.8 Å². The molecule has 0 N–H and O–H groups in total. The number of allylic oxidation sites excluding steroid dienone is 4. The van der Waals surface area contributed by atoms with E-state index in [1.165, 1.54) is 16.7 Å². The predicted molar refractivity (Wildman–Crippen MR) is 51.7 cm³/mol. The van der Waals surface area contributed by atoms with Gasteiger partial charge in [0.2, 0.25) is 0 Å². The van der Waals surface area contributed by atoms with Gasteiger partial charge in [-0.1, -0.05) is 0 Å². The van der Waals surface area contributed by atoms with E-state index in [4.69, 9.17) is 0 Å². The number of rotatable bonds is 1. The first kappa shape index (κ1) is 15.2. The van der Waals surface area contributed by atoms with E-state index in [2.05, 4.69) is 43.3 Å². The second-order valence-corrected chi connectivity index (χ2v) is 4.86. The summed E-state index contributed by atoms with van der Waals surface area (Å²) in [6, 6.07) is 10.7. The van der Waals surface area contributed by atoms with Gasteiger partial charge in [-0.15, -0.1) is 0 Å². The van der Waals surface area contributed by atoms with Crippen LogP contribution in [-0.4, -0.2) is 0 Å². The molecule has 1 aromatic rings. The van der Waals surface area contributed by atoms with Gasteiger partial charge in [-0.25, -0.2) is 0 Å². The third kappa shape index (κ3) is 3.59. The van der Waals surface area contributed by atoms with Crippen LogP contribution in [0.4, 0.5) is 0 Å². The third-order valence-corrected chi connectivity index (χ3v) is 3.78. The largest absolute Gasteiger partial charge is 1.00 e. The predicted octanol–water partition coefficient (Wildman–Crippen LogP) is -2.70. The van der Waals surface area contributed by atoms with Crippen molar-refractivity contribution in [3.05, 3.63) is 50.8 Å². The topological polar surface area (TPSA) is 0 Å². The first-order valence-electron chi connectivity index (χ1n) is 4.45. The van der Waals surface area contributed by atoms with Crippen molar-refractivity contribution in [1.82, 2.24) is 0 Å². The van der Waals surface area contributed by atoms with Gasteiger partial charge in [-0.2, -0.15) is 0 Å². The van der Waals surface area contributed by atoms with Gasteiger partial charge in [0, 0.05) is 0 Å². The van der Waals surface area contributed by atoms with Crippen LogP contribution in [0.3, 0.4) is 0 Å². The zero-order valence-corrected chi connectivity index (χ0v) is 12.4. The summed E-state index contributed by atoms with van der Waals surface area (Å²) in [5.74, 6) is 0. The van der Waals surface area contributed by atoms with Gasteiger partial charge < -0.3 is 24.8 Å². The molecule has 2 rings (SSSR count). The molecule has 0 fully saturated rings. The summed E-state index contributed by atoms with van der Waals surface area (Å²) < 4.78 is 1.59. The molecule has 0 saturated carbocycles. The van der Waals surface area contributed by atoms with Crippen molar-refractivity contribution in [2.75, 3.05) is 0 Å². The molecule has 1 aliphatic carbocycles. The molecule has 15 heavy (non-hydrogen) atoms. The van der Waals surface area contributed by atoms with E-state index >= 15 is 0 Å². The Bertz CT molecular complexity index is 380. The summed E-state index contributed by atoms with van der Waals surface area (Å²) in [6.45, 7) is 2.21. The Morgan fingerprint density at radius 3 is 2.13 bits per heavy atom. The van der Waals surface area contributed by atoms with Crippen molar-refractivity contribution >= 4 is 5.57 Å². The van der Waals surface area contributed by atoms with Crippen molar-refractivity contribution < 1.29 is 49.5 Å². The molecule has 1 aromatic carbocycles. The molecule has 0 aromatic heterocycles.